The van der Waals surface area contributed by atoms with Crippen LogP contribution in [0.1, 0.15) is 25.7 Å². The van der Waals surface area contributed by atoms with E-state index >= 15 is 0 Å². The van der Waals surface area contributed by atoms with Crippen molar-refractivity contribution in [3.63, 3.8) is 0 Å². The predicted molar refractivity (Wildman–Crippen MR) is 64.4 cm³/mol. The van der Waals surface area contributed by atoms with Gasteiger partial charge in [0.05, 0.1) is 11.9 Å². The van der Waals surface area contributed by atoms with E-state index in [1.54, 1.807) is 12.4 Å². The van der Waals surface area contributed by atoms with Gasteiger partial charge in [-0.1, -0.05) is 6.42 Å². The molecule has 0 bridgehead atoms. The molecule has 16 heavy (non-hydrogen) atoms. The zero-order valence-electron chi connectivity index (χ0n) is 8.98. The van der Waals surface area contributed by atoms with Crippen LogP contribution in [0.4, 0.5) is 5.69 Å². The van der Waals surface area contributed by atoms with Crippen LogP contribution in [-0.2, 0) is 4.79 Å². The highest BCUT2D eigenvalue weighted by Crippen LogP contribution is 2.26. The predicted octanol–water partition coefficient (Wildman–Crippen LogP) is 1.29. The summed E-state index contributed by atoms with van der Waals surface area (Å²) < 4.78 is 0. The number of halogens is 1. The molecule has 0 spiro atoms. The Labute approximate surface area is 101 Å². The summed E-state index contributed by atoms with van der Waals surface area (Å²) in [6.45, 7) is 0. The number of H-pyrrole nitrogens is 1. The second-order valence-electron chi connectivity index (χ2n) is 4.09. The summed E-state index contributed by atoms with van der Waals surface area (Å²) >= 11 is 0. The summed E-state index contributed by atoms with van der Waals surface area (Å²) in [6, 6.07) is 0.195. The summed E-state index contributed by atoms with van der Waals surface area (Å²) in [5, 5.41) is 9.19. The van der Waals surface area contributed by atoms with E-state index < -0.39 is 0 Å². The molecule has 0 aliphatic heterocycles. The maximum Gasteiger partial charge on any atom is 0.224 e. The molecule has 0 unspecified atom stereocenters. The number of anilines is 1. The molecule has 2 atom stereocenters. The van der Waals surface area contributed by atoms with E-state index in [1.165, 1.54) is 0 Å². The lowest BCUT2D eigenvalue weighted by Crippen LogP contribution is -2.28. The molecule has 2 rings (SSSR count). The number of aromatic nitrogens is 2. The molecule has 6 heteroatoms. The molecule has 1 fully saturated rings. The number of nitrogens with zero attached hydrogens (tertiary/aromatic N) is 1. The largest absolute Gasteiger partial charge is 0.327 e. The standard InChI is InChI=1S/C10H16N4O.ClH/c11-9-3-1-2-7(9)4-10(15)14-8-5-12-13-6-8;/h5-7,9H,1-4,11H2,(H,12,13)(H,14,15);1H/t7-,9+;/m0./s1. The Balaban J connectivity index is 0.00000128. The van der Waals surface area contributed by atoms with E-state index in [4.69, 9.17) is 5.73 Å². The van der Waals surface area contributed by atoms with Gasteiger partial charge in [0.1, 0.15) is 0 Å². The lowest BCUT2D eigenvalue weighted by molar-refractivity contribution is -0.117. The monoisotopic (exact) mass is 244 g/mol. The first-order valence-corrected chi connectivity index (χ1v) is 5.30. The Morgan fingerprint density at radius 1 is 1.62 bits per heavy atom. The Bertz CT molecular complexity index is 328. The number of amides is 1. The van der Waals surface area contributed by atoms with Gasteiger partial charge in [0, 0.05) is 18.7 Å². The van der Waals surface area contributed by atoms with Crippen LogP contribution >= 0.6 is 12.4 Å². The summed E-state index contributed by atoms with van der Waals surface area (Å²) in [7, 11) is 0. The zero-order chi connectivity index (χ0) is 10.7. The van der Waals surface area contributed by atoms with Crippen LogP contribution in [-0.4, -0.2) is 22.1 Å². The van der Waals surface area contributed by atoms with Crippen molar-refractivity contribution in [2.45, 2.75) is 31.7 Å². The number of aromatic amines is 1. The van der Waals surface area contributed by atoms with Crippen molar-refractivity contribution in [2.24, 2.45) is 11.7 Å². The van der Waals surface area contributed by atoms with Crippen molar-refractivity contribution < 1.29 is 4.79 Å². The van der Waals surface area contributed by atoms with Crippen LogP contribution in [0.2, 0.25) is 0 Å². The molecule has 1 aromatic heterocycles. The third kappa shape index (κ3) is 3.21. The molecule has 1 aliphatic carbocycles. The number of nitrogens with one attached hydrogen (secondary N) is 2. The minimum Gasteiger partial charge on any atom is -0.327 e. The second-order valence-corrected chi connectivity index (χ2v) is 4.09. The fourth-order valence-electron chi connectivity index (χ4n) is 2.09. The van der Waals surface area contributed by atoms with Crippen LogP contribution in [0, 0.1) is 5.92 Å². The highest BCUT2D eigenvalue weighted by atomic mass is 35.5. The van der Waals surface area contributed by atoms with Gasteiger partial charge in [0.15, 0.2) is 0 Å². The number of hydrogen-bond acceptors (Lipinski definition) is 3. The molecular formula is C10H17ClN4O. The van der Waals surface area contributed by atoms with Crippen molar-refractivity contribution in [2.75, 3.05) is 5.32 Å². The molecule has 1 aromatic rings. The van der Waals surface area contributed by atoms with Crippen LogP contribution in [0.5, 0.6) is 0 Å². The second kappa shape index (κ2) is 5.86. The van der Waals surface area contributed by atoms with Crippen molar-refractivity contribution in [1.82, 2.24) is 10.2 Å². The van der Waals surface area contributed by atoms with E-state index in [1.807, 2.05) is 0 Å². The molecule has 90 valence electrons. The van der Waals surface area contributed by atoms with Gasteiger partial charge < -0.3 is 11.1 Å². The fourth-order valence-corrected chi connectivity index (χ4v) is 2.09. The Morgan fingerprint density at radius 2 is 2.44 bits per heavy atom. The molecule has 1 saturated carbocycles. The first-order valence-electron chi connectivity index (χ1n) is 5.30. The number of carbonyl (C=O) groups excluding carboxylic acids is 1. The minimum atomic E-state index is 0. The fraction of sp³-hybridized carbons (Fsp3) is 0.600. The van der Waals surface area contributed by atoms with Gasteiger partial charge in [0.2, 0.25) is 5.91 Å². The average molecular weight is 245 g/mol. The zero-order valence-corrected chi connectivity index (χ0v) is 9.80. The van der Waals surface area contributed by atoms with Crippen LogP contribution in [0.25, 0.3) is 0 Å². The van der Waals surface area contributed by atoms with Crippen LogP contribution < -0.4 is 11.1 Å². The molecule has 0 radical (unpaired) electrons. The molecule has 5 nitrogen and oxygen atoms in total. The molecular weight excluding hydrogens is 228 g/mol. The third-order valence-electron chi connectivity index (χ3n) is 2.95. The number of nitrogens with two attached hydrogens (primary N) is 1. The molecule has 0 saturated heterocycles. The minimum absolute atomic E-state index is 0. The maximum absolute atomic E-state index is 11.6. The van der Waals surface area contributed by atoms with Gasteiger partial charge >= 0.3 is 0 Å². The van der Waals surface area contributed by atoms with Crippen molar-refractivity contribution in [3.05, 3.63) is 12.4 Å². The van der Waals surface area contributed by atoms with Gasteiger partial charge in [-0.3, -0.25) is 9.89 Å². The van der Waals surface area contributed by atoms with E-state index in [-0.39, 0.29) is 24.4 Å². The Morgan fingerprint density at radius 3 is 3.00 bits per heavy atom. The summed E-state index contributed by atoms with van der Waals surface area (Å²) in [6.07, 6.45) is 7.03. The van der Waals surface area contributed by atoms with Gasteiger partial charge in [-0.05, 0) is 18.8 Å². The van der Waals surface area contributed by atoms with Gasteiger partial charge in [0.25, 0.3) is 0 Å². The highest BCUT2D eigenvalue weighted by molar-refractivity contribution is 5.90. The molecule has 4 N–H and O–H groups in total. The average Bonchev–Trinajstić information content (AvgIpc) is 2.79. The number of hydrogen-bond donors (Lipinski definition) is 3. The number of carbonyl (C=O) groups is 1. The van der Waals surface area contributed by atoms with E-state index in [0.29, 0.717) is 18.0 Å². The summed E-state index contributed by atoms with van der Waals surface area (Å²) in [4.78, 5) is 11.6. The molecule has 1 heterocycles. The Kier molecular flexibility index (Phi) is 4.76. The topological polar surface area (TPSA) is 83.8 Å². The maximum atomic E-state index is 11.6. The van der Waals surface area contributed by atoms with Crippen molar-refractivity contribution in [1.29, 1.82) is 0 Å². The Hall–Kier alpha value is -1.07. The van der Waals surface area contributed by atoms with Gasteiger partial charge in [-0.25, -0.2) is 0 Å². The molecule has 1 amide bonds. The first kappa shape index (κ1) is 13.0. The van der Waals surface area contributed by atoms with E-state index in [9.17, 15) is 4.79 Å². The highest BCUT2D eigenvalue weighted by Gasteiger charge is 2.25. The van der Waals surface area contributed by atoms with Crippen LogP contribution in [0.15, 0.2) is 12.4 Å². The molecule has 1 aliphatic rings. The van der Waals surface area contributed by atoms with Crippen LogP contribution in [0.3, 0.4) is 0 Å². The lowest BCUT2D eigenvalue weighted by atomic mass is 10.00. The van der Waals surface area contributed by atoms with Crippen molar-refractivity contribution >= 4 is 24.0 Å². The van der Waals surface area contributed by atoms with Gasteiger partial charge in [-0.15, -0.1) is 12.4 Å². The first-order chi connectivity index (χ1) is 7.25. The summed E-state index contributed by atoms with van der Waals surface area (Å²) in [5.74, 6) is 0.371. The molecule has 0 aromatic carbocycles. The quantitative estimate of drug-likeness (QED) is 0.749. The SMILES string of the molecule is Cl.N[C@@H]1CCC[C@H]1CC(=O)Nc1cn[nH]c1. The summed E-state index contributed by atoms with van der Waals surface area (Å²) in [5.41, 5.74) is 6.62. The lowest BCUT2D eigenvalue weighted by Gasteiger charge is -2.13. The third-order valence-corrected chi connectivity index (χ3v) is 2.95. The van der Waals surface area contributed by atoms with E-state index in [2.05, 4.69) is 15.5 Å². The number of rotatable bonds is 3. The normalized spacial score (nSPS) is 23.8. The van der Waals surface area contributed by atoms with Gasteiger partial charge in [-0.2, -0.15) is 5.10 Å². The smallest absolute Gasteiger partial charge is 0.224 e. The van der Waals surface area contributed by atoms with E-state index in [0.717, 1.165) is 19.3 Å². The van der Waals surface area contributed by atoms with Crippen molar-refractivity contribution in [3.8, 4) is 0 Å².